The molecule has 102 valence electrons. The highest BCUT2D eigenvalue weighted by molar-refractivity contribution is 9.10. The van der Waals surface area contributed by atoms with Crippen LogP contribution in [-0.4, -0.2) is 14.5 Å². The lowest BCUT2D eigenvalue weighted by molar-refractivity contribution is 0.509. The molecule has 0 bridgehead atoms. The maximum Gasteiger partial charge on any atom is 0.159 e. The highest BCUT2D eigenvalue weighted by atomic mass is 79.9. The largest absolute Gasteiger partial charge is 0.334 e. The van der Waals surface area contributed by atoms with Gasteiger partial charge >= 0.3 is 0 Å². The van der Waals surface area contributed by atoms with E-state index in [1.54, 1.807) is 6.92 Å². The molecule has 0 atom stereocenters. The Kier molecular flexibility index (Phi) is 3.05. The minimum atomic E-state index is -0.890. The van der Waals surface area contributed by atoms with E-state index in [2.05, 4.69) is 25.9 Å². The van der Waals surface area contributed by atoms with E-state index in [4.69, 9.17) is 0 Å². The van der Waals surface area contributed by atoms with Crippen molar-refractivity contribution in [2.75, 3.05) is 0 Å². The van der Waals surface area contributed by atoms with E-state index < -0.39 is 11.6 Å². The first-order valence-corrected chi connectivity index (χ1v) is 6.71. The van der Waals surface area contributed by atoms with Gasteiger partial charge in [-0.15, -0.1) is 0 Å². The zero-order valence-corrected chi connectivity index (χ0v) is 12.4. The first-order chi connectivity index (χ1) is 9.47. The lowest BCUT2D eigenvalue weighted by Gasteiger charge is -2.06. The summed E-state index contributed by atoms with van der Waals surface area (Å²) in [6, 6.07) is 3.76. The molecule has 0 aliphatic heterocycles. The quantitative estimate of drug-likeness (QED) is 0.672. The number of halogens is 3. The van der Waals surface area contributed by atoms with Gasteiger partial charge in [0.05, 0.1) is 11.1 Å². The molecular weight excluding hydrogens is 328 g/mol. The highest BCUT2D eigenvalue weighted by Crippen LogP contribution is 2.33. The Morgan fingerprint density at radius 1 is 1.15 bits per heavy atom. The van der Waals surface area contributed by atoms with E-state index in [1.807, 2.05) is 17.8 Å². The van der Waals surface area contributed by atoms with Crippen LogP contribution in [0.2, 0.25) is 0 Å². The summed E-state index contributed by atoms with van der Waals surface area (Å²) in [4.78, 5) is 8.75. The molecule has 0 radical (unpaired) electrons. The van der Waals surface area contributed by atoms with Crippen molar-refractivity contribution in [2.45, 2.75) is 6.92 Å². The van der Waals surface area contributed by atoms with Crippen molar-refractivity contribution >= 4 is 27.0 Å². The van der Waals surface area contributed by atoms with Crippen LogP contribution in [-0.2, 0) is 7.05 Å². The van der Waals surface area contributed by atoms with Crippen LogP contribution in [0.4, 0.5) is 8.78 Å². The second kappa shape index (κ2) is 4.63. The van der Waals surface area contributed by atoms with Crippen molar-refractivity contribution in [1.29, 1.82) is 0 Å². The topological polar surface area (TPSA) is 30.7 Å². The van der Waals surface area contributed by atoms with Crippen LogP contribution in [0, 0.1) is 18.6 Å². The molecule has 0 spiro atoms. The molecule has 3 aromatic rings. The number of rotatable bonds is 1. The fourth-order valence-corrected chi connectivity index (χ4v) is 2.85. The monoisotopic (exact) mass is 337 g/mol. The van der Waals surface area contributed by atoms with Gasteiger partial charge < -0.3 is 4.57 Å². The van der Waals surface area contributed by atoms with Crippen LogP contribution in [0.1, 0.15) is 5.82 Å². The lowest BCUT2D eigenvalue weighted by Crippen LogP contribution is -1.97. The molecule has 0 N–H and O–H groups in total. The number of hydrogen-bond donors (Lipinski definition) is 0. The Hall–Kier alpha value is -1.82. The van der Waals surface area contributed by atoms with E-state index in [-0.39, 0.29) is 0 Å². The molecule has 0 aliphatic carbocycles. The summed E-state index contributed by atoms with van der Waals surface area (Å²) >= 11 is 3.45. The molecule has 0 unspecified atom stereocenters. The van der Waals surface area contributed by atoms with Crippen LogP contribution >= 0.6 is 15.9 Å². The normalized spacial score (nSPS) is 11.2. The Morgan fingerprint density at radius 3 is 2.60 bits per heavy atom. The number of aryl methyl sites for hydroxylation is 2. The Bertz CT molecular complexity index is 827. The van der Waals surface area contributed by atoms with Gasteiger partial charge in [0.25, 0.3) is 0 Å². The minimum Gasteiger partial charge on any atom is -0.334 e. The molecule has 20 heavy (non-hydrogen) atoms. The second-order valence-electron chi connectivity index (χ2n) is 4.53. The molecular formula is C14H10BrF2N3. The molecule has 2 aromatic heterocycles. The van der Waals surface area contributed by atoms with Gasteiger partial charge in [-0.05, 0) is 41.1 Å². The number of fused-ring (bicyclic) bond motifs is 1. The first kappa shape index (κ1) is 13.2. The standard InChI is InChI=1S/C14H10BrF2N3/c1-7-18-13(8-3-4-10(16)11(17)5-8)12-9(15)6-20(2)14(12)19-7/h3-6H,1-2H3. The third kappa shape index (κ3) is 2.00. The first-order valence-electron chi connectivity index (χ1n) is 5.92. The number of hydrogen-bond acceptors (Lipinski definition) is 2. The van der Waals surface area contributed by atoms with Gasteiger partial charge in [-0.25, -0.2) is 18.7 Å². The zero-order valence-electron chi connectivity index (χ0n) is 10.8. The Labute approximate surface area is 122 Å². The van der Waals surface area contributed by atoms with Crippen molar-refractivity contribution in [3.63, 3.8) is 0 Å². The molecule has 0 aliphatic rings. The summed E-state index contributed by atoms with van der Waals surface area (Å²) in [6.45, 7) is 1.77. The Balaban J connectivity index is 2.37. The summed E-state index contributed by atoms with van der Waals surface area (Å²) in [5.74, 6) is -1.19. The summed E-state index contributed by atoms with van der Waals surface area (Å²) in [7, 11) is 1.87. The zero-order chi connectivity index (χ0) is 14.4. The van der Waals surface area contributed by atoms with Crippen molar-refractivity contribution in [3.8, 4) is 11.3 Å². The number of aromatic nitrogens is 3. The van der Waals surface area contributed by atoms with Crippen LogP contribution in [0.15, 0.2) is 28.9 Å². The van der Waals surface area contributed by atoms with E-state index in [9.17, 15) is 8.78 Å². The molecule has 3 nitrogen and oxygen atoms in total. The fourth-order valence-electron chi connectivity index (χ4n) is 2.18. The summed E-state index contributed by atoms with van der Waals surface area (Å²) in [5, 5.41) is 0.782. The summed E-state index contributed by atoms with van der Waals surface area (Å²) in [6.07, 6.45) is 1.86. The van der Waals surface area contributed by atoms with E-state index in [1.165, 1.54) is 6.07 Å². The second-order valence-corrected chi connectivity index (χ2v) is 5.39. The molecule has 6 heteroatoms. The predicted molar refractivity (Wildman–Crippen MR) is 76.3 cm³/mol. The molecule has 2 heterocycles. The van der Waals surface area contributed by atoms with E-state index in [0.717, 1.165) is 27.6 Å². The van der Waals surface area contributed by atoms with Gasteiger partial charge in [-0.3, -0.25) is 0 Å². The van der Waals surface area contributed by atoms with Gasteiger partial charge in [-0.1, -0.05) is 0 Å². The van der Waals surface area contributed by atoms with Gasteiger partial charge in [0.2, 0.25) is 0 Å². The van der Waals surface area contributed by atoms with Gasteiger partial charge in [0, 0.05) is 23.3 Å². The fraction of sp³-hybridized carbons (Fsp3) is 0.143. The minimum absolute atomic E-state index is 0.520. The lowest BCUT2D eigenvalue weighted by atomic mass is 10.1. The molecule has 3 rings (SSSR count). The van der Waals surface area contributed by atoms with Crippen LogP contribution in [0.5, 0.6) is 0 Å². The van der Waals surface area contributed by atoms with Crippen molar-refractivity contribution in [2.24, 2.45) is 7.05 Å². The molecule has 0 amide bonds. The molecule has 0 fully saturated rings. The average Bonchev–Trinajstić information content (AvgIpc) is 2.67. The van der Waals surface area contributed by atoms with Crippen LogP contribution in [0.25, 0.3) is 22.3 Å². The highest BCUT2D eigenvalue weighted by Gasteiger charge is 2.16. The van der Waals surface area contributed by atoms with Crippen molar-refractivity contribution in [1.82, 2.24) is 14.5 Å². The maximum atomic E-state index is 13.4. The average molecular weight is 338 g/mol. The van der Waals surface area contributed by atoms with E-state index >= 15 is 0 Å². The van der Waals surface area contributed by atoms with Crippen molar-refractivity contribution in [3.05, 3.63) is 46.3 Å². The van der Waals surface area contributed by atoms with Crippen LogP contribution in [0.3, 0.4) is 0 Å². The SMILES string of the molecule is Cc1nc(-c2ccc(F)c(F)c2)c2c(Br)cn(C)c2n1. The maximum absolute atomic E-state index is 13.4. The third-order valence-electron chi connectivity index (χ3n) is 3.07. The van der Waals surface area contributed by atoms with Crippen molar-refractivity contribution < 1.29 is 8.78 Å². The van der Waals surface area contributed by atoms with Gasteiger partial charge in [-0.2, -0.15) is 0 Å². The molecule has 1 aromatic carbocycles. The van der Waals surface area contributed by atoms with Gasteiger partial charge in [0.1, 0.15) is 11.5 Å². The van der Waals surface area contributed by atoms with Gasteiger partial charge in [0.15, 0.2) is 11.6 Å². The van der Waals surface area contributed by atoms with Crippen LogP contribution < -0.4 is 0 Å². The number of nitrogens with zero attached hydrogens (tertiary/aromatic N) is 3. The smallest absolute Gasteiger partial charge is 0.159 e. The predicted octanol–water partition coefficient (Wildman–Crippen LogP) is 3.98. The molecule has 0 saturated heterocycles. The number of benzene rings is 1. The van der Waals surface area contributed by atoms with E-state index in [0.29, 0.717) is 17.1 Å². The third-order valence-corrected chi connectivity index (χ3v) is 3.68. The summed E-state index contributed by atoms with van der Waals surface area (Å²) in [5.41, 5.74) is 1.84. The summed E-state index contributed by atoms with van der Waals surface area (Å²) < 4.78 is 29.2. The molecule has 0 saturated carbocycles. The Morgan fingerprint density at radius 2 is 1.90 bits per heavy atom.